The molecule has 8 nitrogen and oxygen atoms in total. The Morgan fingerprint density at radius 3 is 2.47 bits per heavy atom. The van der Waals surface area contributed by atoms with E-state index >= 15 is 0 Å². The molecule has 0 unspecified atom stereocenters. The van der Waals surface area contributed by atoms with Crippen LogP contribution in [0.4, 0.5) is 29.2 Å². The van der Waals surface area contributed by atoms with E-state index < -0.39 is 30.3 Å². The van der Waals surface area contributed by atoms with Gasteiger partial charge in [0.15, 0.2) is 11.5 Å². The Bertz CT molecular complexity index is 1270. The largest absolute Gasteiger partial charge is 0.417 e. The van der Waals surface area contributed by atoms with E-state index in [1.54, 1.807) is 6.07 Å². The minimum atomic E-state index is -4.49. The van der Waals surface area contributed by atoms with E-state index in [9.17, 15) is 22.7 Å². The highest BCUT2D eigenvalue weighted by Crippen LogP contribution is 2.30. The lowest BCUT2D eigenvalue weighted by Crippen LogP contribution is -2.06. The van der Waals surface area contributed by atoms with Crippen LogP contribution in [0, 0.1) is 5.82 Å². The van der Waals surface area contributed by atoms with Gasteiger partial charge in [0.25, 0.3) is 0 Å². The number of fused-ring (bicyclic) bond motifs is 1. The quantitative estimate of drug-likeness (QED) is 0.400. The smallest absolute Gasteiger partial charge is 0.393 e. The van der Waals surface area contributed by atoms with Crippen molar-refractivity contribution in [2.75, 3.05) is 11.9 Å². The van der Waals surface area contributed by atoms with Crippen LogP contribution in [0.1, 0.15) is 17.2 Å². The summed E-state index contributed by atoms with van der Waals surface area (Å²) in [6, 6.07) is 6.14. The van der Waals surface area contributed by atoms with E-state index in [0.29, 0.717) is 11.6 Å². The maximum Gasteiger partial charge on any atom is 0.417 e. The van der Waals surface area contributed by atoms with Crippen molar-refractivity contribution < 1.29 is 27.8 Å². The summed E-state index contributed by atoms with van der Waals surface area (Å²) in [6.07, 6.45) is -2.63. The molecule has 32 heavy (non-hydrogen) atoms. The maximum atomic E-state index is 14.5. The minimum absolute atomic E-state index is 0.0849. The van der Waals surface area contributed by atoms with Gasteiger partial charge >= 0.3 is 6.18 Å². The molecule has 0 bridgehead atoms. The van der Waals surface area contributed by atoms with Crippen LogP contribution in [-0.4, -0.2) is 41.7 Å². The number of rotatable bonds is 5. The topological polar surface area (TPSA) is 117 Å². The van der Waals surface area contributed by atoms with Gasteiger partial charge in [-0.25, -0.2) is 24.3 Å². The van der Waals surface area contributed by atoms with Gasteiger partial charge < -0.3 is 15.5 Å². The normalized spacial score (nSPS) is 12.7. The Morgan fingerprint density at radius 1 is 1.00 bits per heavy atom. The number of nitrogens with zero attached hydrogens (tertiary/aromatic N) is 5. The third-order valence-electron chi connectivity index (χ3n) is 4.50. The predicted octanol–water partition coefficient (Wildman–Crippen LogP) is 3.41. The van der Waals surface area contributed by atoms with Crippen LogP contribution >= 0.6 is 0 Å². The Hall–Kier alpha value is -3.77. The van der Waals surface area contributed by atoms with Crippen LogP contribution in [0.2, 0.25) is 0 Å². The molecule has 0 aromatic carbocycles. The number of aromatic nitrogens is 5. The van der Waals surface area contributed by atoms with E-state index in [-0.39, 0.29) is 34.2 Å². The Kier molecular flexibility index (Phi) is 5.63. The molecule has 4 aromatic heterocycles. The third-order valence-corrected chi connectivity index (χ3v) is 4.50. The number of halogens is 4. The highest BCUT2D eigenvalue weighted by atomic mass is 19.4. The first kappa shape index (κ1) is 21.5. The summed E-state index contributed by atoms with van der Waals surface area (Å²) in [6.45, 7) is -0.574. The second kappa shape index (κ2) is 8.40. The van der Waals surface area contributed by atoms with Crippen LogP contribution < -0.4 is 5.32 Å². The fourth-order valence-electron chi connectivity index (χ4n) is 2.86. The van der Waals surface area contributed by atoms with Gasteiger partial charge in [0.1, 0.15) is 29.8 Å². The zero-order valence-electron chi connectivity index (χ0n) is 16.0. The lowest BCUT2D eigenvalue weighted by Gasteiger charge is -2.11. The average Bonchev–Trinajstić information content (AvgIpc) is 2.78. The van der Waals surface area contributed by atoms with Crippen molar-refractivity contribution in [1.29, 1.82) is 0 Å². The first-order valence-electron chi connectivity index (χ1n) is 9.13. The summed E-state index contributed by atoms with van der Waals surface area (Å²) >= 11 is 0. The highest BCUT2D eigenvalue weighted by molar-refractivity contribution is 5.89. The summed E-state index contributed by atoms with van der Waals surface area (Å²) in [4.78, 5) is 20.1. The van der Waals surface area contributed by atoms with Crippen molar-refractivity contribution in [1.82, 2.24) is 24.9 Å². The summed E-state index contributed by atoms with van der Waals surface area (Å²) in [5.41, 5.74) is -0.496. The van der Waals surface area contributed by atoms with E-state index in [1.807, 2.05) is 0 Å². The summed E-state index contributed by atoms with van der Waals surface area (Å²) < 4.78 is 52.6. The van der Waals surface area contributed by atoms with E-state index in [0.717, 1.165) is 12.1 Å². The second-order valence-corrected chi connectivity index (χ2v) is 6.64. The number of anilines is 2. The van der Waals surface area contributed by atoms with Crippen LogP contribution in [0.5, 0.6) is 0 Å². The second-order valence-electron chi connectivity index (χ2n) is 6.64. The maximum absolute atomic E-state index is 14.5. The number of aliphatic hydroxyl groups is 2. The highest BCUT2D eigenvalue weighted by Gasteiger charge is 2.30. The van der Waals surface area contributed by atoms with Gasteiger partial charge in [-0.2, -0.15) is 13.2 Å². The van der Waals surface area contributed by atoms with E-state index in [4.69, 9.17) is 5.11 Å². The van der Waals surface area contributed by atoms with Gasteiger partial charge in [0.05, 0.1) is 23.3 Å². The molecule has 0 spiro atoms. The molecule has 0 aliphatic carbocycles. The number of hydrogen-bond acceptors (Lipinski definition) is 8. The molecular weight excluding hydrogens is 432 g/mol. The van der Waals surface area contributed by atoms with E-state index in [2.05, 4.69) is 30.2 Å². The zero-order valence-corrected chi connectivity index (χ0v) is 16.0. The molecule has 3 N–H and O–H groups in total. The molecule has 12 heteroatoms. The Morgan fingerprint density at radius 2 is 1.81 bits per heavy atom. The SMILES string of the molecule is OC[C@@H](O)c1cnc(-c2ccc3c(Nc4ccc(C(F)(F)F)cn4)ncnc3n2)c(F)c1. The van der Waals surface area contributed by atoms with Crippen LogP contribution in [0.25, 0.3) is 22.4 Å². The lowest BCUT2D eigenvalue weighted by atomic mass is 10.1. The molecule has 164 valence electrons. The minimum Gasteiger partial charge on any atom is -0.393 e. The van der Waals surface area contributed by atoms with Crippen molar-refractivity contribution in [3.05, 3.63) is 66.0 Å². The Labute approximate surface area is 177 Å². The molecule has 4 aromatic rings. The van der Waals surface area contributed by atoms with Gasteiger partial charge in [0, 0.05) is 18.0 Å². The molecule has 4 heterocycles. The van der Waals surface area contributed by atoms with Crippen molar-refractivity contribution >= 4 is 22.7 Å². The standard InChI is InChI=1S/C20H14F4N6O2/c21-13-5-10(15(32)8-31)6-26-17(13)14-3-2-12-18(29-14)27-9-28-19(12)30-16-4-1-11(7-25-16)20(22,23)24/h1-7,9,15,31-32H,8H2,(H,25,27,28,29,30)/t15-/m1/s1. The van der Waals surface area contributed by atoms with Crippen LogP contribution in [-0.2, 0) is 6.18 Å². The number of pyridine rings is 3. The number of nitrogens with one attached hydrogen (secondary N) is 1. The first-order valence-corrected chi connectivity index (χ1v) is 9.13. The molecule has 0 fully saturated rings. The summed E-state index contributed by atoms with van der Waals surface area (Å²) in [5.74, 6) is -0.368. The number of alkyl halides is 3. The number of hydrogen-bond donors (Lipinski definition) is 3. The molecule has 0 aliphatic rings. The third kappa shape index (κ3) is 4.31. The van der Waals surface area contributed by atoms with Crippen LogP contribution in [0.15, 0.2) is 49.1 Å². The van der Waals surface area contributed by atoms with Gasteiger partial charge in [-0.1, -0.05) is 0 Å². The van der Waals surface area contributed by atoms with Gasteiger partial charge in [-0.3, -0.25) is 4.98 Å². The molecule has 0 radical (unpaired) electrons. The summed E-state index contributed by atoms with van der Waals surface area (Å²) in [5, 5.41) is 21.8. The zero-order chi connectivity index (χ0) is 22.9. The van der Waals surface area contributed by atoms with Crippen molar-refractivity contribution in [2.45, 2.75) is 12.3 Å². The molecule has 1 atom stereocenters. The monoisotopic (exact) mass is 446 g/mol. The van der Waals surface area contributed by atoms with Gasteiger partial charge in [-0.05, 0) is 30.3 Å². The lowest BCUT2D eigenvalue weighted by molar-refractivity contribution is -0.137. The average molecular weight is 446 g/mol. The molecular formula is C20H14F4N6O2. The van der Waals surface area contributed by atoms with Gasteiger partial charge in [-0.15, -0.1) is 0 Å². The fraction of sp³-hybridized carbons (Fsp3) is 0.150. The van der Waals surface area contributed by atoms with E-state index in [1.165, 1.54) is 24.7 Å². The van der Waals surface area contributed by atoms with Crippen molar-refractivity contribution in [2.24, 2.45) is 0 Å². The molecule has 0 saturated heterocycles. The number of aliphatic hydroxyl groups excluding tert-OH is 2. The van der Waals surface area contributed by atoms with Crippen molar-refractivity contribution in [3.8, 4) is 11.4 Å². The van der Waals surface area contributed by atoms with Crippen LogP contribution in [0.3, 0.4) is 0 Å². The van der Waals surface area contributed by atoms with Gasteiger partial charge in [0.2, 0.25) is 0 Å². The summed E-state index contributed by atoms with van der Waals surface area (Å²) in [7, 11) is 0. The molecule has 0 amide bonds. The first-order chi connectivity index (χ1) is 15.3. The molecule has 4 rings (SSSR count). The molecule has 0 aliphatic heterocycles. The predicted molar refractivity (Wildman–Crippen MR) is 105 cm³/mol. The fourth-order valence-corrected chi connectivity index (χ4v) is 2.86. The Balaban J connectivity index is 1.64. The molecule has 0 saturated carbocycles. The van der Waals surface area contributed by atoms with Crippen molar-refractivity contribution in [3.63, 3.8) is 0 Å².